The summed E-state index contributed by atoms with van der Waals surface area (Å²) in [6.07, 6.45) is 2.00. The van der Waals surface area contributed by atoms with Crippen molar-refractivity contribution >= 4 is 35.8 Å². The monoisotopic (exact) mass is 496 g/mol. The number of halogens is 1. The Labute approximate surface area is 184 Å². The number of nitrogens with one attached hydrogen (secondary N) is 3. The number of guanidine groups is 1. The first-order valence-corrected chi connectivity index (χ1v) is 9.09. The molecule has 152 valence electrons. The van der Waals surface area contributed by atoms with Gasteiger partial charge in [-0.1, -0.05) is 42.5 Å². The summed E-state index contributed by atoms with van der Waals surface area (Å²) in [4.78, 5) is 16.1. The van der Waals surface area contributed by atoms with Crippen LogP contribution in [0.25, 0.3) is 0 Å². The summed E-state index contributed by atoms with van der Waals surface area (Å²) in [5, 5.41) is 9.14. The van der Waals surface area contributed by atoms with Crippen molar-refractivity contribution in [2.75, 3.05) is 27.2 Å². The molecule has 0 fully saturated rings. The van der Waals surface area contributed by atoms with Gasteiger partial charge in [-0.3, -0.25) is 9.79 Å². The zero-order valence-electron chi connectivity index (χ0n) is 16.4. The van der Waals surface area contributed by atoms with Gasteiger partial charge in [-0.05, 0) is 36.1 Å². The zero-order chi connectivity index (χ0) is 19.3. The van der Waals surface area contributed by atoms with Gasteiger partial charge in [0.25, 0.3) is 0 Å². The molecule has 0 heterocycles. The van der Waals surface area contributed by atoms with E-state index in [1.807, 2.05) is 42.5 Å². The lowest BCUT2D eigenvalue weighted by Crippen LogP contribution is -2.43. The second kappa shape index (κ2) is 13.8. The highest BCUT2D eigenvalue weighted by Gasteiger charge is 2.04. The summed E-state index contributed by atoms with van der Waals surface area (Å²) in [6, 6.07) is 18.0. The summed E-state index contributed by atoms with van der Waals surface area (Å²) in [5.41, 5.74) is 2.34. The highest BCUT2D eigenvalue weighted by molar-refractivity contribution is 14.0. The molecular formula is C21H29IN4O2. The number of hydrogen-bond acceptors (Lipinski definition) is 3. The number of carbonyl (C=O) groups excluding carboxylic acids is 1. The van der Waals surface area contributed by atoms with E-state index in [0.717, 1.165) is 30.7 Å². The molecule has 1 amide bonds. The van der Waals surface area contributed by atoms with Crippen LogP contribution in [0.3, 0.4) is 0 Å². The highest BCUT2D eigenvalue weighted by atomic mass is 127. The van der Waals surface area contributed by atoms with Gasteiger partial charge >= 0.3 is 0 Å². The lowest BCUT2D eigenvalue weighted by atomic mass is 10.1. The molecule has 0 unspecified atom stereocenters. The zero-order valence-corrected chi connectivity index (χ0v) is 18.7. The van der Waals surface area contributed by atoms with Gasteiger partial charge in [-0.15, -0.1) is 24.0 Å². The van der Waals surface area contributed by atoms with Crippen LogP contribution in [0.4, 0.5) is 0 Å². The number of carbonyl (C=O) groups is 1. The summed E-state index contributed by atoms with van der Waals surface area (Å²) >= 11 is 0. The molecule has 2 aromatic rings. The standard InChI is InChI=1S/C21H28N4O2.HI/c1-22-21(23-14-6-9-17-7-4-3-5-8-17)25-16-20(26)24-15-18-10-12-19(27-2)13-11-18;/h3-5,7-8,10-13H,6,9,14-16H2,1-2H3,(H,24,26)(H2,22,23,25);1H. The Morgan fingerprint density at radius 3 is 2.32 bits per heavy atom. The van der Waals surface area contributed by atoms with Crippen LogP contribution in [0.1, 0.15) is 17.5 Å². The maximum Gasteiger partial charge on any atom is 0.239 e. The molecule has 0 atom stereocenters. The van der Waals surface area contributed by atoms with Crippen LogP contribution in [0.15, 0.2) is 59.6 Å². The maximum absolute atomic E-state index is 12.0. The minimum atomic E-state index is -0.0851. The molecule has 28 heavy (non-hydrogen) atoms. The summed E-state index contributed by atoms with van der Waals surface area (Å²) in [6.45, 7) is 1.45. The van der Waals surface area contributed by atoms with Gasteiger partial charge in [0.05, 0.1) is 13.7 Å². The van der Waals surface area contributed by atoms with Crippen LogP contribution < -0.4 is 20.7 Å². The van der Waals surface area contributed by atoms with E-state index in [0.29, 0.717) is 12.5 Å². The molecule has 7 heteroatoms. The second-order valence-electron chi connectivity index (χ2n) is 6.07. The molecule has 0 aliphatic heterocycles. The third-order valence-electron chi connectivity index (χ3n) is 4.07. The molecular weight excluding hydrogens is 467 g/mol. The van der Waals surface area contributed by atoms with E-state index in [-0.39, 0.29) is 36.4 Å². The SMILES string of the molecule is CN=C(NCCCc1ccccc1)NCC(=O)NCc1ccc(OC)cc1.I. The number of aryl methyl sites for hydroxylation is 1. The lowest BCUT2D eigenvalue weighted by molar-refractivity contribution is -0.120. The molecule has 0 spiro atoms. The number of ether oxygens (including phenoxy) is 1. The lowest BCUT2D eigenvalue weighted by Gasteiger charge is -2.12. The first-order chi connectivity index (χ1) is 13.2. The van der Waals surface area contributed by atoms with Gasteiger partial charge in [-0.2, -0.15) is 0 Å². The normalized spacial score (nSPS) is 10.6. The van der Waals surface area contributed by atoms with Gasteiger partial charge in [0.15, 0.2) is 5.96 Å². The van der Waals surface area contributed by atoms with E-state index in [9.17, 15) is 4.79 Å². The van der Waals surface area contributed by atoms with Crippen LogP contribution in [0.2, 0.25) is 0 Å². The summed E-state index contributed by atoms with van der Waals surface area (Å²) < 4.78 is 5.12. The van der Waals surface area contributed by atoms with Crippen LogP contribution >= 0.6 is 24.0 Å². The van der Waals surface area contributed by atoms with Gasteiger partial charge < -0.3 is 20.7 Å². The molecule has 0 bridgehead atoms. The average molecular weight is 496 g/mol. The molecule has 0 saturated heterocycles. The summed E-state index contributed by atoms with van der Waals surface area (Å²) in [5.74, 6) is 1.34. The van der Waals surface area contributed by atoms with Crippen molar-refractivity contribution in [3.8, 4) is 5.75 Å². The highest BCUT2D eigenvalue weighted by Crippen LogP contribution is 2.10. The maximum atomic E-state index is 12.0. The predicted molar refractivity (Wildman–Crippen MR) is 124 cm³/mol. The van der Waals surface area contributed by atoms with Crippen molar-refractivity contribution in [3.05, 3.63) is 65.7 Å². The molecule has 0 saturated carbocycles. The van der Waals surface area contributed by atoms with Crippen molar-refractivity contribution in [2.45, 2.75) is 19.4 Å². The minimum Gasteiger partial charge on any atom is -0.497 e. The molecule has 0 aromatic heterocycles. The molecule has 2 rings (SSSR count). The molecule has 0 aliphatic carbocycles. The van der Waals surface area contributed by atoms with E-state index in [2.05, 4.69) is 33.1 Å². The van der Waals surface area contributed by atoms with Crippen LogP contribution in [0, 0.1) is 0 Å². The number of rotatable bonds is 9. The number of benzene rings is 2. The van der Waals surface area contributed by atoms with Gasteiger partial charge in [0.1, 0.15) is 5.75 Å². The molecule has 0 radical (unpaired) electrons. The van der Waals surface area contributed by atoms with Crippen LogP contribution in [-0.4, -0.2) is 39.1 Å². The fourth-order valence-corrected chi connectivity index (χ4v) is 2.54. The molecule has 3 N–H and O–H groups in total. The quantitative estimate of drug-likeness (QED) is 0.216. The predicted octanol–water partition coefficient (Wildman–Crippen LogP) is 2.73. The Morgan fingerprint density at radius 1 is 0.964 bits per heavy atom. The number of methoxy groups -OCH3 is 1. The van der Waals surface area contributed by atoms with Crippen LogP contribution in [-0.2, 0) is 17.8 Å². The third kappa shape index (κ3) is 9.07. The van der Waals surface area contributed by atoms with Gasteiger partial charge in [0, 0.05) is 20.1 Å². The Balaban J connectivity index is 0.00000392. The van der Waals surface area contributed by atoms with Crippen molar-refractivity contribution in [1.29, 1.82) is 0 Å². The number of nitrogens with zero attached hydrogens (tertiary/aromatic N) is 1. The van der Waals surface area contributed by atoms with Crippen molar-refractivity contribution < 1.29 is 9.53 Å². The average Bonchev–Trinajstić information content (AvgIpc) is 2.72. The van der Waals surface area contributed by atoms with E-state index < -0.39 is 0 Å². The van der Waals surface area contributed by atoms with E-state index >= 15 is 0 Å². The minimum absolute atomic E-state index is 0. The fourth-order valence-electron chi connectivity index (χ4n) is 2.54. The Kier molecular flexibility index (Phi) is 11.7. The van der Waals surface area contributed by atoms with Gasteiger partial charge in [0.2, 0.25) is 5.91 Å². The molecule has 6 nitrogen and oxygen atoms in total. The number of aliphatic imine (C=N–C) groups is 1. The van der Waals surface area contributed by atoms with Gasteiger partial charge in [-0.25, -0.2) is 0 Å². The van der Waals surface area contributed by atoms with Crippen molar-refractivity contribution in [1.82, 2.24) is 16.0 Å². The Hall–Kier alpha value is -2.29. The van der Waals surface area contributed by atoms with E-state index in [1.54, 1.807) is 14.2 Å². The topological polar surface area (TPSA) is 74.8 Å². The van der Waals surface area contributed by atoms with Crippen molar-refractivity contribution in [3.63, 3.8) is 0 Å². The van der Waals surface area contributed by atoms with Crippen LogP contribution in [0.5, 0.6) is 5.75 Å². The Bertz CT molecular complexity index is 721. The number of hydrogen-bond donors (Lipinski definition) is 3. The first-order valence-electron chi connectivity index (χ1n) is 9.09. The van der Waals surface area contributed by atoms with E-state index in [4.69, 9.17) is 4.74 Å². The molecule has 2 aromatic carbocycles. The summed E-state index contributed by atoms with van der Waals surface area (Å²) in [7, 11) is 3.33. The Morgan fingerprint density at radius 2 is 1.68 bits per heavy atom. The molecule has 0 aliphatic rings. The third-order valence-corrected chi connectivity index (χ3v) is 4.07. The fraction of sp³-hybridized carbons (Fsp3) is 0.333. The number of amides is 1. The second-order valence-corrected chi connectivity index (χ2v) is 6.07. The van der Waals surface area contributed by atoms with Crippen molar-refractivity contribution in [2.24, 2.45) is 4.99 Å². The smallest absolute Gasteiger partial charge is 0.239 e. The first kappa shape index (κ1) is 23.7. The van der Waals surface area contributed by atoms with E-state index in [1.165, 1.54) is 5.56 Å². The largest absolute Gasteiger partial charge is 0.497 e.